The molecule has 0 aliphatic rings. The van der Waals surface area contributed by atoms with E-state index in [0.29, 0.717) is 23.1 Å². The van der Waals surface area contributed by atoms with E-state index in [1.54, 1.807) is 25.1 Å². The SMILES string of the molecule is CCC(=O)c1ccc2oc(=O)[nH]c2c1. The molecule has 1 aromatic heterocycles. The Bertz CT molecular complexity index is 536. The number of oxazole rings is 1. The number of H-pyrrole nitrogens is 1. The second kappa shape index (κ2) is 3.14. The van der Waals surface area contributed by atoms with Crippen molar-refractivity contribution in [1.29, 1.82) is 0 Å². The van der Waals surface area contributed by atoms with Crippen LogP contribution in [0.25, 0.3) is 11.1 Å². The molecule has 0 unspecified atom stereocenters. The number of rotatable bonds is 2. The standard InChI is InChI=1S/C10H9NO3/c1-2-8(12)6-3-4-9-7(5-6)11-10(13)14-9/h3-5H,2H2,1H3,(H,11,13). The molecular formula is C10H9NO3. The van der Waals surface area contributed by atoms with Gasteiger partial charge in [0.15, 0.2) is 11.4 Å². The molecule has 72 valence electrons. The van der Waals surface area contributed by atoms with E-state index in [1.807, 2.05) is 0 Å². The van der Waals surface area contributed by atoms with Crippen LogP contribution in [0.1, 0.15) is 23.7 Å². The summed E-state index contributed by atoms with van der Waals surface area (Å²) >= 11 is 0. The Labute approximate surface area is 79.5 Å². The van der Waals surface area contributed by atoms with Crippen LogP contribution in [-0.2, 0) is 0 Å². The van der Waals surface area contributed by atoms with E-state index in [0.717, 1.165) is 0 Å². The number of ketones is 1. The van der Waals surface area contributed by atoms with Gasteiger partial charge in [-0.15, -0.1) is 0 Å². The molecule has 4 nitrogen and oxygen atoms in total. The highest BCUT2D eigenvalue weighted by Gasteiger charge is 2.06. The molecule has 0 saturated heterocycles. The third-order valence-corrected chi connectivity index (χ3v) is 2.06. The van der Waals surface area contributed by atoms with Gasteiger partial charge in [-0.2, -0.15) is 0 Å². The number of Topliss-reactive ketones (excluding diaryl/α,β-unsaturated/α-hetero) is 1. The van der Waals surface area contributed by atoms with Gasteiger partial charge in [-0.05, 0) is 18.2 Å². The van der Waals surface area contributed by atoms with Crippen LogP contribution in [0.3, 0.4) is 0 Å². The Balaban J connectivity index is 2.61. The molecular weight excluding hydrogens is 182 g/mol. The van der Waals surface area contributed by atoms with Crippen molar-refractivity contribution in [2.45, 2.75) is 13.3 Å². The summed E-state index contributed by atoms with van der Waals surface area (Å²) in [7, 11) is 0. The molecule has 0 atom stereocenters. The van der Waals surface area contributed by atoms with Crippen molar-refractivity contribution < 1.29 is 9.21 Å². The van der Waals surface area contributed by atoms with Crippen molar-refractivity contribution in [3.8, 4) is 0 Å². The summed E-state index contributed by atoms with van der Waals surface area (Å²) in [4.78, 5) is 24.7. The van der Waals surface area contributed by atoms with Crippen molar-refractivity contribution in [3.63, 3.8) is 0 Å². The van der Waals surface area contributed by atoms with Crippen molar-refractivity contribution in [1.82, 2.24) is 4.98 Å². The molecule has 4 heteroatoms. The Morgan fingerprint density at radius 1 is 1.50 bits per heavy atom. The molecule has 0 saturated carbocycles. The predicted octanol–water partition coefficient (Wildman–Crippen LogP) is 1.71. The molecule has 0 bridgehead atoms. The number of carbonyl (C=O) groups excluding carboxylic acids is 1. The highest BCUT2D eigenvalue weighted by molar-refractivity contribution is 5.98. The molecule has 1 N–H and O–H groups in total. The molecule has 0 radical (unpaired) electrons. The largest absolute Gasteiger partial charge is 0.417 e. The van der Waals surface area contributed by atoms with Gasteiger partial charge in [0.25, 0.3) is 0 Å². The van der Waals surface area contributed by atoms with Crippen molar-refractivity contribution in [2.24, 2.45) is 0 Å². The van der Waals surface area contributed by atoms with E-state index in [1.165, 1.54) is 0 Å². The summed E-state index contributed by atoms with van der Waals surface area (Å²) in [5.74, 6) is -0.449. The Morgan fingerprint density at radius 3 is 3.00 bits per heavy atom. The highest BCUT2D eigenvalue weighted by Crippen LogP contribution is 2.13. The number of nitrogens with one attached hydrogen (secondary N) is 1. The van der Waals surface area contributed by atoms with Gasteiger partial charge < -0.3 is 4.42 Å². The van der Waals surface area contributed by atoms with E-state index in [-0.39, 0.29) is 5.78 Å². The second-order valence-electron chi connectivity index (χ2n) is 3.00. The fourth-order valence-electron chi connectivity index (χ4n) is 1.33. The fraction of sp³-hybridized carbons (Fsp3) is 0.200. The van der Waals surface area contributed by atoms with E-state index < -0.39 is 5.76 Å². The minimum atomic E-state index is -0.499. The molecule has 2 rings (SSSR count). The molecule has 0 aliphatic carbocycles. The summed E-state index contributed by atoms with van der Waals surface area (Å²) in [6, 6.07) is 4.91. The molecule has 0 amide bonds. The lowest BCUT2D eigenvalue weighted by molar-refractivity contribution is 0.0988. The zero-order valence-electron chi connectivity index (χ0n) is 7.66. The Hall–Kier alpha value is -1.84. The van der Waals surface area contributed by atoms with Gasteiger partial charge in [0.2, 0.25) is 0 Å². The van der Waals surface area contributed by atoms with Crippen LogP contribution < -0.4 is 5.76 Å². The second-order valence-corrected chi connectivity index (χ2v) is 3.00. The first kappa shape index (κ1) is 8.74. The van der Waals surface area contributed by atoms with Gasteiger partial charge in [0.05, 0.1) is 5.52 Å². The fourth-order valence-corrected chi connectivity index (χ4v) is 1.33. The van der Waals surface area contributed by atoms with Gasteiger partial charge in [0.1, 0.15) is 0 Å². The lowest BCUT2D eigenvalue weighted by atomic mass is 10.1. The van der Waals surface area contributed by atoms with Crippen LogP contribution >= 0.6 is 0 Å². The quantitative estimate of drug-likeness (QED) is 0.735. The van der Waals surface area contributed by atoms with E-state index in [9.17, 15) is 9.59 Å². The monoisotopic (exact) mass is 191 g/mol. The van der Waals surface area contributed by atoms with Crippen LogP contribution in [0.2, 0.25) is 0 Å². The number of aromatic amines is 1. The molecule has 2 aromatic rings. The van der Waals surface area contributed by atoms with E-state index >= 15 is 0 Å². The van der Waals surface area contributed by atoms with Crippen LogP contribution in [0.4, 0.5) is 0 Å². The molecule has 0 spiro atoms. The highest BCUT2D eigenvalue weighted by atomic mass is 16.4. The lowest BCUT2D eigenvalue weighted by Gasteiger charge is -1.95. The zero-order chi connectivity index (χ0) is 10.1. The Morgan fingerprint density at radius 2 is 2.29 bits per heavy atom. The number of hydrogen-bond acceptors (Lipinski definition) is 3. The first-order valence-electron chi connectivity index (χ1n) is 4.37. The average Bonchev–Trinajstić information content (AvgIpc) is 2.55. The van der Waals surface area contributed by atoms with Gasteiger partial charge in [-0.25, -0.2) is 4.79 Å². The zero-order valence-corrected chi connectivity index (χ0v) is 7.66. The van der Waals surface area contributed by atoms with Gasteiger partial charge in [-0.3, -0.25) is 9.78 Å². The smallest absolute Gasteiger partial charge is 0.408 e. The van der Waals surface area contributed by atoms with Crippen molar-refractivity contribution >= 4 is 16.9 Å². The predicted molar refractivity (Wildman–Crippen MR) is 51.5 cm³/mol. The molecule has 0 fully saturated rings. The summed E-state index contributed by atoms with van der Waals surface area (Å²) in [5.41, 5.74) is 1.63. The molecule has 1 aromatic carbocycles. The molecule has 1 heterocycles. The first-order chi connectivity index (χ1) is 6.70. The topological polar surface area (TPSA) is 63.1 Å². The number of hydrogen-bond donors (Lipinski definition) is 1. The number of fused-ring (bicyclic) bond motifs is 1. The number of carbonyl (C=O) groups is 1. The van der Waals surface area contributed by atoms with Crippen molar-refractivity contribution in [2.75, 3.05) is 0 Å². The maximum Gasteiger partial charge on any atom is 0.417 e. The van der Waals surface area contributed by atoms with Crippen LogP contribution in [-0.4, -0.2) is 10.8 Å². The lowest BCUT2D eigenvalue weighted by Crippen LogP contribution is -1.96. The number of aromatic nitrogens is 1. The average molecular weight is 191 g/mol. The maximum atomic E-state index is 11.3. The minimum absolute atomic E-state index is 0.0500. The minimum Gasteiger partial charge on any atom is -0.408 e. The summed E-state index contributed by atoms with van der Waals surface area (Å²) in [5, 5.41) is 0. The third kappa shape index (κ3) is 1.35. The summed E-state index contributed by atoms with van der Waals surface area (Å²) < 4.78 is 4.81. The molecule has 0 aliphatic heterocycles. The van der Waals surface area contributed by atoms with Gasteiger partial charge >= 0.3 is 5.76 Å². The third-order valence-electron chi connectivity index (χ3n) is 2.06. The number of benzene rings is 1. The van der Waals surface area contributed by atoms with E-state index in [2.05, 4.69) is 4.98 Å². The van der Waals surface area contributed by atoms with Gasteiger partial charge in [-0.1, -0.05) is 6.92 Å². The first-order valence-corrected chi connectivity index (χ1v) is 4.37. The normalized spacial score (nSPS) is 10.6. The molecule has 14 heavy (non-hydrogen) atoms. The van der Waals surface area contributed by atoms with Crippen LogP contribution in [0.5, 0.6) is 0 Å². The summed E-state index contributed by atoms with van der Waals surface area (Å²) in [6.07, 6.45) is 0.452. The van der Waals surface area contributed by atoms with E-state index in [4.69, 9.17) is 4.42 Å². The maximum absolute atomic E-state index is 11.3. The van der Waals surface area contributed by atoms with Crippen molar-refractivity contribution in [3.05, 3.63) is 34.3 Å². The van der Waals surface area contributed by atoms with Gasteiger partial charge in [0, 0.05) is 12.0 Å². The summed E-state index contributed by atoms with van der Waals surface area (Å²) in [6.45, 7) is 1.80. The Kier molecular flexibility index (Phi) is 1.96. The van der Waals surface area contributed by atoms with Crippen LogP contribution in [0.15, 0.2) is 27.4 Å². The van der Waals surface area contributed by atoms with Crippen LogP contribution in [0, 0.1) is 0 Å².